The molecule has 6 rings (SSSR count). The number of carboxylic acids is 3. The highest BCUT2D eigenvalue weighted by atomic mass is 16.5. The predicted octanol–water partition coefficient (Wildman–Crippen LogP) is 7.66. The van der Waals surface area contributed by atoms with Crippen LogP contribution in [0.3, 0.4) is 0 Å². The third kappa shape index (κ3) is 12.0. The maximum absolute atomic E-state index is 13.4. The van der Waals surface area contributed by atoms with Crippen LogP contribution in [0.15, 0.2) is 60.7 Å². The first-order chi connectivity index (χ1) is 28.8. The first kappa shape index (κ1) is 46.3. The summed E-state index contributed by atoms with van der Waals surface area (Å²) in [5, 5.41) is 29.1. The Morgan fingerprint density at radius 1 is 0.617 bits per heavy atom. The van der Waals surface area contributed by atoms with Crippen molar-refractivity contribution in [1.29, 1.82) is 0 Å². The number of nitrogens with zero attached hydrogens (tertiary/aromatic N) is 2. The maximum Gasteiger partial charge on any atom is 0.326 e. The van der Waals surface area contributed by atoms with E-state index in [4.69, 9.17) is 4.74 Å². The summed E-state index contributed by atoms with van der Waals surface area (Å²) in [4.78, 5) is 77.9. The molecular formula is C48H66N2O10. The van der Waals surface area contributed by atoms with Gasteiger partial charge in [-0.1, -0.05) is 100 Å². The minimum absolute atomic E-state index is 0.00704. The minimum atomic E-state index is -0.946. The molecule has 2 saturated carbocycles. The van der Waals surface area contributed by atoms with Crippen LogP contribution in [0.2, 0.25) is 0 Å². The van der Waals surface area contributed by atoms with Gasteiger partial charge < -0.3 is 29.9 Å². The van der Waals surface area contributed by atoms with Gasteiger partial charge in [0.05, 0.1) is 18.4 Å². The Hall–Kier alpha value is -4.74. The van der Waals surface area contributed by atoms with Crippen LogP contribution in [0.4, 0.5) is 0 Å². The van der Waals surface area contributed by atoms with Crippen molar-refractivity contribution >= 4 is 35.7 Å². The molecule has 12 heteroatoms. The molecule has 0 unspecified atom stereocenters. The highest BCUT2D eigenvalue weighted by molar-refractivity contribution is 5.87. The van der Waals surface area contributed by atoms with Crippen LogP contribution < -0.4 is 0 Å². The third-order valence-corrected chi connectivity index (χ3v) is 13.6. The van der Waals surface area contributed by atoms with E-state index in [9.17, 15) is 44.1 Å². The molecule has 0 bridgehead atoms. The Morgan fingerprint density at radius 3 is 1.42 bits per heavy atom. The summed E-state index contributed by atoms with van der Waals surface area (Å²) < 4.78 is 5.29. The largest absolute Gasteiger partial charge is 0.481 e. The highest BCUT2D eigenvalue weighted by Gasteiger charge is 2.50. The number of ether oxygens (including phenoxy) is 1. The zero-order valence-electron chi connectivity index (χ0n) is 35.7. The maximum atomic E-state index is 13.4. The van der Waals surface area contributed by atoms with Crippen molar-refractivity contribution in [2.24, 2.45) is 35.5 Å². The molecule has 12 nitrogen and oxygen atoms in total. The Balaban J connectivity index is 0.000000228. The molecule has 60 heavy (non-hydrogen) atoms. The number of fused-ring (bicyclic) bond motifs is 2. The number of hydrogen-bond donors (Lipinski definition) is 3. The van der Waals surface area contributed by atoms with Gasteiger partial charge in [0.15, 0.2) is 0 Å². The van der Waals surface area contributed by atoms with Gasteiger partial charge in [0.2, 0.25) is 11.8 Å². The average Bonchev–Trinajstić information content (AvgIpc) is 3.84. The summed E-state index contributed by atoms with van der Waals surface area (Å²) >= 11 is 0. The molecule has 2 aliphatic heterocycles. The second-order valence-corrected chi connectivity index (χ2v) is 17.7. The average molecular weight is 831 g/mol. The number of carboxylic acid groups (broad SMARTS) is 3. The Labute approximate surface area is 355 Å². The zero-order valence-corrected chi connectivity index (χ0v) is 35.7. The number of rotatable bonds is 17. The summed E-state index contributed by atoms with van der Waals surface area (Å²) in [6.07, 6.45) is 12.1. The molecule has 2 amide bonds. The van der Waals surface area contributed by atoms with E-state index in [1.165, 1.54) is 0 Å². The molecule has 2 aromatic carbocycles. The van der Waals surface area contributed by atoms with Crippen LogP contribution in [0.25, 0.3) is 0 Å². The molecule has 328 valence electrons. The number of benzene rings is 2. The van der Waals surface area contributed by atoms with Crippen molar-refractivity contribution in [1.82, 2.24) is 9.80 Å². The quantitative estimate of drug-likeness (QED) is 0.134. The third-order valence-electron chi connectivity index (χ3n) is 13.6. The fourth-order valence-electron chi connectivity index (χ4n) is 10.5. The Bertz CT molecular complexity index is 1750. The first-order valence-corrected chi connectivity index (χ1v) is 22.4. The molecule has 0 spiro atoms. The normalized spacial score (nSPS) is 25.3. The van der Waals surface area contributed by atoms with Gasteiger partial charge in [-0.25, -0.2) is 9.59 Å². The van der Waals surface area contributed by atoms with E-state index in [2.05, 4.69) is 0 Å². The van der Waals surface area contributed by atoms with E-state index in [-0.39, 0.29) is 54.0 Å². The lowest BCUT2D eigenvalue weighted by Gasteiger charge is -2.35. The first-order valence-electron chi connectivity index (χ1n) is 22.4. The standard InChI is InChI=1S/C25H35NO5.C23H31NO5/c1-3-31-25(30)20(14-13-18-9-5-4-6-10-18)15-17(2)23(27)26-21-12-8-7-11-19(21)16-22(26)24(28)29;1-15(13-18(22(26)27)12-11-16-7-3-2-4-8-16)21(25)24-19-10-6-5-9-17(19)14-20(24)23(28)29/h4-6,9-10,17,19-22H,3,7-8,11-16H2,1-2H3,(H,28,29);2-4,7-8,15,17-20H,5-6,9-14H2,1H3,(H,26,27)(H,28,29)/t17-,19-,20-,21+,22+;15-,17-,18-,19+,20+/m11/s1. The number of carbonyl (C=O) groups excluding carboxylic acids is 3. The van der Waals surface area contributed by atoms with Crippen LogP contribution in [-0.4, -0.2) is 91.6 Å². The van der Waals surface area contributed by atoms with Gasteiger partial charge >= 0.3 is 23.9 Å². The SMILES string of the molecule is CCOC(=O)[C@H](CCc1ccccc1)C[C@@H](C)C(=O)N1[C@H](C(=O)O)C[C@H]2CCCC[C@@H]21.C[C@H](C[C@@H](CCc1ccccc1)C(=O)O)C(=O)N1[C@H](C(=O)O)C[C@H]2CCCC[C@@H]21. The molecular weight excluding hydrogens is 765 g/mol. The number of aryl methyl sites for hydroxylation is 2. The van der Waals surface area contributed by atoms with Crippen molar-refractivity contribution in [3.63, 3.8) is 0 Å². The number of likely N-dealkylation sites (tertiary alicyclic amines) is 2. The summed E-state index contributed by atoms with van der Waals surface area (Å²) in [5.74, 6) is -4.75. The molecule has 2 saturated heterocycles. The van der Waals surface area contributed by atoms with Crippen molar-refractivity contribution in [2.75, 3.05) is 6.61 Å². The molecule has 2 aromatic rings. The van der Waals surface area contributed by atoms with Crippen LogP contribution in [0.1, 0.15) is 122 Å². The Morgan fingerprint density at radius 2 is 1.02 bits per heavy atom. The lowest BCUT2D eigenvalue weighted by Crippen LogP contribution is -2.48. The van der Waals surface area contributed by atoms with Crippen molar-refractivity contribution in [3.8, 4) is 0 Å². The summed E-state index contributed by atoms with van der Waals surface area (Å²) in [7, 11) is 0. The van der Waals surface area contributed by atoms with Gasteiger partial charge in [-0.2, -0.15) is 0 Å². The number of carbonyl (C=O) groups is 6. The molecule has 4 aliphatic rings. The zero-order chi connectivity index (χ0) is 43.3. The summed E-state index contributed by atoms with van der Waals surface area (Å²) in [6, 6.07) is 18.2. The fourth-order valence-corrected chi connectivity index (χ4v) is 10.5. The van der Waals surface area contributed by atoms with Crippen LogP contribution in [0.5, 0.6) is 0 Å². The lowest BCUT2D eigenvalue weighted by molar-refractivity contribution is -0.153. The van der Waals surface area contributed by atoms with Crippen LogP contribution >= 0.6 is 0 Å². The van der Waals surface area contributed by atoms with E-state index in [0.29, 0.717) is 45.1 Å². The molecule has 4 fully saturated rings. The van der Waals surface area contributed by atoms with Gasteiger partial charge in [-0.3, -0.25) is 19.2 Å². The molecule has 0 radical (unpaired) electrons. The van der Waals surface area contributed by atoms with Gasteiger partial charge in [0.1, 0.15) is 12.1 Å². The lowest BCUT2D eigenvalue weighted by atomic mass is 9.84. The second-order valence-electron chi connectivity index (χ2n) is 17.7. The van der Waals surface area contributed by atoms with E-state index in [1.54, 1.807) is 23.6 Å². The van der Waals surface area contributed by atoms with E-state index < -0.39 is 47.7 Å². The van der Waals surface area contributed by atoms with Crippen molar-refractivity contribution in [2.45, 2.75) is 148 Å². The highest BCUT2D eigenvalue weighted by Crippen LogP contribution is 2.42. The van der Waals surface area contributed by atoms with Crippen molar-refractivity contribution in [3.05, 3.63) is 71.8 Å². The van der Waals surface area contributed by atoms with Gasteiger partial charge in [-0.05, 0) is 107 Å². The van der Waals surface area contributed by atoms with Crippen LogP contribution in [0, 0.1) is 35.5 Å². The summed E-state index contributed by atoms with van der Waals surface area (Å²) in [5.41, 5.74) is 2.22. The summed E-state index contributed by atoms with van der Waals surface area (Å²) in [6.45, 7) is 5.66. The van der Waals surface area contributed by atoms with Gasteiger partial charge in [0, 0.05) is 23.9 Å². The van der Waals surface area contributed by atoms with Crippen LogP contribution in [-0.2, 0) is 46.3 Å². The number of esters is 1. The molecule has 10 atom stereocenters. The molecule has 3 N–H and O–H groups in total. The Kier molecular flexibility index (Phi) is 17.1. The van der Waals surface area contributed by atoms with E-state index >= 15 is 0 Å². The van der Waals surface area contributed by atoms with Crippen molar-refractivity contribution < 1.29 is 48.8 Å². The fraction of sp³-hybridized carbons (Fsp3) is 0.625. The number of hydrogen-bond acceptors (Lipinski definition) is 7. The van der Waals surface area contributed by atoms with E-state index in [1.807, 2.05) is 67.6 Å². The minimum Gasteiger partial charge on any atom is -0.481 e. The van der Waals surface area contributed by atoms with Gasteiger partial charge in [0.25, 0.3) is 0 Å². The monoisotopic (exact) mass is 830 g/mol. The topological polar surface area (TPSA) is 179 Å². The molecule has 2 aliphatic carbocycles. The predicted molar refractivity (Wildman–Crippen MR) is 226 cm³/mol. The van der Waals surface area contributed by atoms with E-state index in [0.717, 1.165) is 68.9 Å². The number of amides is 2. The number of aliphatic carboxylic acids is 3. The second kappa shape index (κ2) is 22.2. The molecule has 0 aromatic heterocycles. The van der Waals surface area contributed by atoms with Gasteiger partial charge in [-0.15, -0.1) is 0 Å². The molecule has 2 heterocycles. The smallest absolute Gasteiger partial charge is 0.326 e.